The van der Waals surface area contributed by atoms with E-state index in [9.17, 15) is 4.79 Å². The highest BCUT2D eigenvalue weighted by atomic mass is 32.2. The molecule has 2 atom stereocenters. The predicted molar refractivity (Wildman–Crippen MR) is 107 cm³/mol. The first-order valence-electron chi connectivity index (χ1n) is 9.43. The van der Waals surface area contributed by atoms with Crippen molar-refractivity contribution in [1.29, 1.82) is 0 Å². The molecule has 1 heterocycles. The molecular formula is C21H28N2O2S. The summed E-state index contributed by atoms with van der Waals surface area (Å²) >= 11 is 1.60. The normalized spacial score (nSPS) is 20.1. The molecule has 0 aliphatic heterocycles. The molecule has 0 radical (unpaired) electrons. The minimum atomic E-state index is 0.133. The molecule has 1 aromatic carbocycles. The molecule has 1 N–H and O–H groups in total. The molecule has 26 heavy (non-hydrogen) atoms. The van der Waals surface area contributed by atoms with Gasteiger partial charge in [0, 0.05) is 17.4 Å². The molecule has 1 aliphatic rings. The van der Waals surface area contributed by atoms with Gasteiger partial charge in [0.05, 0.1) is 11.4 Å². The van der Waals surface area contributed by atoms with Gasteiger partial charge in [-0.05, 0) is 44.7 Å². The van der Waals surface area contributed by atoms with Crippen LogP contribution in [-0.2, 0) is 10.5 Å². The largest absolute Gasteiger partial charge is 0.441 e. The zero-order valence-corrected chi connectivity index (χ0v) is 16.7. The van der Waals surface area contributed by atoms with E-state index in [0.717, 1.165) is 23.4 Å². The summed E-state index contributed by atoms with van der Waals surface area (Å²) in [6, 6.07) is 8.49. The molecule has 0 unspecified atom stereocenters. The third-order valence-electron chi connectivity index (χ3n) is 5.09. The number of nitrogens with one attached hydrogen (secondary N) is 1. The average Bonchev–Trinajstić information content (AvgIpc) is 2.98. The third kappa shape index (κ3) is 4.91. The van der Waals surface area contributed by atoms with Crippen LogP contribution in [0.4, 0.5) is 0 Å². The van der Waals surface area contributed by atoms with Crippen molar-refractivity contribution in [3.8, 4) is 11.5 Å². The molecule has 1 aromatic heterocycles. The van der Waals surface area contributed by atoms with Crippen LogP contribution in [0.2, 0.25) is 0 Å². The second-order valence-electron chi connectivity index (χ2n) is 7.32. The summed E-state index contributed by atoms with van der Waals surface area (Å²) in [5, 5.41) is 3.20. The predicted octanol–water partition coefficient (Wildman–Crippen LogP) is 4.89. The molecule has 2 aromatic rings. The van der Waals surface area contributed by atoms with Gasteiger partial charge in [0.2, 0.25) is 11.8 Å². The molecule has 1 aliphatic carbocycles. The summed E-state index contributed by atoms with van der Waals surface area (Å²) in [4.78, 5) is 16.8. The first-order chi connectivity index (χ1) is 12.5. The van der Waals surface area contributed by atoms with Crippen LogP contribution in [0.25, 0.3) is 11.5 Å². The molecule has 1 saturated carbocycles. The summed E-state index contributed by atoms with van der Waals surface area (Å²) in [6.07, 6.45) is 4.84. The molecule has 1 amide bonds. The molecule has 4 nitrogen and oxygen atoms in total. The summed E-state index contributed by atoms with van der Waals surface area (Å²) in [6.45, 7) is 6.23. The molecule has 3 rings (SSSR count). The van der Waals surface area contributed by atoms with Gasteiger partial charge in [0.15, 0.2) is 0 Å². The van der Waals surface area contributed by atoms with E-state index in [1.807, 2.05) is 19.1 Å². The zero-order valence-electron chi connectivity index (χ0n) is 15.9. The van der Waals surface area contributed by atoms with Crippen molar-refractivity contribution in [2.45, 2.75) is 58.2 Å². The van der Waals surface area contributed by atoms with Gasteiger partial charge in [-0.1, -0.05) is 37.5 Å². The van der Waals surface area contributed by atoms with E-state index in [4.69, 9.17) is 4.42 Å². The summed E-state index contributed by atoms with van der Waals surface area (Å²) < 4.78 is 5.82. The van der Waals surface area contributed by atoms with Crippen LogP contribution in [0.5, 0.6) is 0 Å². The van der Waals surface area contributed by atoms with Crippen molar-refractivity contribution < 1.29 is 9.21 Å². The van der Waals surface area contributed by atoms with Crippen molar-refractivity contribution in [2.75, 3.05) is 5.75 Å². The first-order valence-corrected chi connectivity index (χ1v) is 10.6. The Hall–Kier alpha value is -1.75. The Bertz CT molecular complexity index is 756. The van der Waals surface area contributed by atoms with Crippen molar-refractivity contribution in [1.82, 2.24) is 10.3 Å². The van der Waals surface area contributed by atoms with E-state index in [2.05, 4.69) is 36.3 Å². The number of benzene rings is 1. The molecule has 0 saturated heterocycles. The minimum Gasteiger partial charge on any atom is -0.441 e. The number of aromatic nitrogens is 1. The number of hydrogen-bond donors (Lipinski definition) is 1. The van der Waals surface area contributed by atoms with Crippen LogP contribution in [0.3, 0.4) is 0 Å². The lowest BCUT2D eigenvalue weighted by atomic mass is 9.86. The summed E-state index contributed by atoms with van der Waals surface area (Å²) in [5.74, 6) is 3.36. The fourth-order valence-corrected chi connectivity index (χ4v) is 4.32. The van der Waals surface area contributed by atoms with E-state index in [-0.39, 0.29) is 5.91 Å². The highest BCUT2D eigenvalue weighted by Gasteiger charge is 2.22. The van der Waals surface area contributed by atoms with Crippen LogP contribution in [0.15, 0.2) is 28.7 Å². The van der Waals surface area contributed by atoms with Crippen LogP contribution >= 0.6 is 11.8 Å². The summed E-state index contributed by atoms with van der Waals surface area (Å²) in [7, 11) is 0. The molecule has 5 heteroatoms. The Morgan fingerprint density at radius 1 is 1.31 bits per heavy atom. The lowest BCUT2D eigenvalue weighted by Crippen LogP contribution is -2.41. The van der Waals surface area contributed by atoms with Gasteiger partial charge < -0.3 is 9.73 Å². The van der Waals surface area contributed by atoms with Crippen molar-refractivity contribution in [3.63, 3.8) is 0 Å². The van der Waals surface area contributed by atoms with Crippen LogP contribution in [0.1, 0.15) is 49.6 Å². The molecule has 0 spiro atoms. The van der Waals surface area contributed by atoms with Gasteiger partial charge in [-0.15, -0.1) is 11.8 Å². The third-order valence-corrected chi connectivity index (χ3v) is 6.03. The molecule has 1 fully saturated rings. The van der Waals surface area contributed by atoms with E-state index in [1.165, 1.54) is 24.8 Å². The van der Waals surface area contributed by atoms with Crippen molar-refractivity contribution in [2.24, 2.45) is 5.92 Å². The molecule has 140 valence electrons. The maximum Gasteiger partial charge on any atom is 0.230 e. The van der Waals surface area contributed by atoms with Gasteiger partial charge in [0.25, 0.3) is 0 Å². The van der Waals surface area contributed by atoms with Gasteiger partial charge >= 0.3 is 0 Å². The summed E-state index contributed by atoms with van der Waals surface area (Å²) in [5.41, 5.74) is 3.10. The maximum atomic E-state index is 12.2. The number of amides is 1. The zero-order chi connectivity index (χ0) is 18.5. The Balaban J connectivity index is 1.51. The second kappa shape index (κ2) is 8.76. The number of aryl methyl sites for hydroxylation is 2. The fourth-order valence-electron chi connectivity index (χ4n) is 3.48. The molecular weight excluding hydrogens is 344 g/mol. The highest BCUT2D eigenvalue weighted by molar-refractivity contribution is 7.99. The van der Waals surface area contributed by atoms with Gasteiger partial charge in [0.1, 0.15) is 5.76 Å². The standard InChI is InChI=1S/C21H28N2O2S/c1-14-7-6-9-17(11-14)21-23-19(16(3)25-21)12-26-13-20(24)22-18-10-5-4-8-15(18)2/h6-7,9,11,15,18H,4-5,8,10,12-13H2,1-3H3,(H,22,24)/t15-,18-/m1/s1. The number of thioether (sulfide) groups is 1. The lowest BCUT2D eigenvalue weighted by molar-refractivity contribution is -0.119. The smallest absolute Gasteiger partial charge is 0.230 e. The Morgan fingerprint density at radius 2 is 2.12 bits per heavy atom. The monoisotopic (exact) mass is 372 g/mol. The van der Waals surface area contributed by atoms with Crippen molar-refractivity contribution in [3.05, 3.63) is 41.3 Å². The number of hydrogen-bond acceptors (Lipinski definition) is 4. The van der Waals surface area contributed by atoms with Gasteiger partial charge in [-0.25, -0.2) is 4.98 Å². The maximum absolute atomic E-state index is 12.2. The van der Waals surface area contributed by atoms with E-state index in [0.29, 0.717) is 29.4 Å². The van der Waals surface area contributed by atoms with Crippen LogP contribution in [-0.4, -0.2) is 22.7 Å². The number of rotatable bonds is 6. The first kappa shape index (κ1) is 19.0. The number of carbonyl (C=O) groups is 1. The van der Waals surface area contributed by atoms with Gasteiger partial charge in [-0.3, -0.25) is 4.79 Å². The Kier molecular flexibility index (Phi) is 6.41. The highest BCUT2D eigenvalue weighted by Crippen LogP contribution is 2.26. The Labute approximate surface area is 160 Å². The fraction of sp³-hybridized carbons (Fsp3) is 0.524. The van der Waals surface area contributed by atoms with Crippen LogP contribution in [0, 0.1) is 19.8 Å². The molecule has 0 bridgehead atoms. The van der Waals surface area contributed by atoms with Crippen molar-refractivity contribution >= 4 is 17.7 Å². The Morgan fingerprint density at radius 3 is 2.88 bits per heavy atom. The SMILES string of the molecule is Cc1cccc(-c2nc(CSCC(=O)N[C@@H]3CCCC[C@H]3C)c(C)o2)c1. The number of oxazole rings is 1. The van der Waals surface area contributed by atoms with Crippen LogP contribution < -0.4 is 5.32 Å². The lowest BCUT2D eigenvalue weighted by Gasteiger charge is -2.29. The van der Waals surface area contributed by atoms with Gasteiger partial charge in [-0.2, -0.15) is 0 Å². The van der Waals surface area contributed by atoms with E-state index in [1.54, 1.807) is 11.8 Å². The van der Waals surface area contributed by atoms with E-state index >= 15 is 0 Å². The number of nitrogens with zero attached hydrogens (tertiary/aromatic N) is 1. The topological polar surface area (TPSA) is 55.1 Å². The van der Waals surface area contributed by atoms with E-state index < -0.39 is 0 Å². The average molecular weight is 373 g/mol. The second-order valence-corrected chi connectivity index (χ2v) is 8.31. The minimum absolute atomic E-state index is 0.133. The number of carbonyl (C=O) groups excluding carboxylic acids is 1. The quantitative estimate of drug-likeness (QED) is 0.785.